The minimum atomic E-state index is -3.75. The van der Waals surface area contributed by atoms with Crippen molar-refractivity contribution in [2.45, 2.75) is 25.7 Å². The highest BCUT2D eigenvalue weighted by molar-refractivity contribution is 7.92. The molecule has 1 amide bonds. The normalized spacial score (nSPS) is 11.1. The van der Waals surface area contributed by atoms with Gasteiger partial charge in [-0.05, 0) is 86.0 Å². The van der Waals surface area contributed by atoms with E-state index < -0.39 is 10.0 Å². The van der Waals surface area contributed by atoms with Gasteiger partial charge in [-0.2, -0.15) is 0 Å². The Morgan fingerprint density at radius 2 is 1.61 bits per heavy atom. The van der Waals surface area contributed by atoms with Crippen molar-refractivity contribution in [3.8, 4) is 5.75 Å². The van der Waals surface area contributed by atoms with Crippen LogP contribution in [0.2, 0.25) is 0 Å². The fourth-order valence-electron chi connectivity index (χ4n) is 3.27. The fraction of sp³-hybridized carbons (Fsp3) is 0.208. The molecule has 0 saturated carbocycles. The number of rotatable bonds is 6. The van der Waals surface area contributed by atoms with Gasteiger partial charge in [-0.3, -0.25) is 9.10 Å². The topological polar surface area (TPSA) is 75.7 Å². The molecule has 0 atom stereocenters. The smallest absolute Gasteiger partial charge is 0.264 e. The molecule has 0 aliphatic rings. The van der Waals surface area contributed by atoms with E-state index in [0.717, 1.165) is 16.8 Å². The van der Waals surface area contributed by atoms with Crippen molar-refractivity contribution < 1.29 is 17.9 Å². The van der Waals surface area contributed by atoms with Gasteiger partial charge in [0.2, 0.25) is 0 Å². The molecule has 0 radical (unpaired) electrons. The molecule has 0 heterocycles. The molecule has 7 heteroatoms. The summed E-state index contributed by atoms with van der Waals surface area (Å²) in [5.74, 6) is 0.334. The first-order valence-electron chi connectivity index (χ1n) is 9.76. The molecule has 0 aliphatic carbocycles. The second-order valence-electron chi connectivity index (χ2n) is 7.35. The number of nitrogens with one attached hydrogen (secondary N) is 1. The third kappa shape index (κ3) is 4.56. The number of carbonyl (C=O) groups is 1. The minimum Gasteiger partial charge on any atom is -0.497 e. The zero-order chi connectivity index (χ0) is 22.8. The Morgan fingerprint density at radius 3 is 2.23 bits per heavy atom. The summed E-state index contributed by atoms with van der Waals surface area (Å²) in [5.41, 5.74) is 4.49. The van der Waals surface area contributed by atoms with E-state index in [1.807, 2.05) is 32.0 Å². The van der Waals surface area contributed by atoms with E-state index >= 15 is 0 Å². The van der Waals surface area contributed by atoms with Gasteiger partial charge in [0.05, 0.1) is 17.7 Å². The van der Waals surface area contributed by atoms with Crippen LogP contribution in [-0.4, -0.2) is 28.5 Å². The monoisotopic (exact) mass is 438 g/mol. The third-order valence-electron chi connectivity index (χ3n) is 5.37. The number of benzene rings is 3. The van der Waals surface area contributed by atoms with Crippen molar-refractivity contribution in [2.24, 2.45) is 0 Å². The summed E-state index contributed by atoms with van der Waals surface area (Å²) in [7, 11) is -0.732. The number of aryl methyl sites for hydroxylation is 2. The summed E-state index contributed by atoms with van der Waals surface area (Å²) in [6, 6.07) is 16.9. The van der Waals surface area contributed by atoms with Crippen LogP contribution in [0.5, 0.6) is 5.75 Å². The average molecular weight is 439 g/mol. The van der Waals surface area contributed by atoms with Crippen LogP contribution < -0.4 is 14.4 Å². The number of anilines is 2. The van der Waals surface area contributed by atoms with E-state index in [1.165, 1.54) is 30.6 Å². The Hall–Kier alpha value is -3.32. The van der Waals surface area contributed by atoms with E-state index in [-0.39, 0.29) is 10.8 Å². The van der Waals surface area contributed by atoms with Crippen LogP contribution in [0.1, 0.15) is 27.0 Å². The molecule has 0 unspecified atom stereocenters. The van der Waals surface area contributed by atoms with Gasteiger partial charge in [-0.15, -0.1) is 0 Å². The highest BCUT2D eigenvalue weighted by atomic mass is 32.2. The zero-order valence-electron chi connectivity index (χ0n) is 18.3. The van der Waals surface area contributed by atoms with Gasteiger partial charge in [0, 0.05) is 18.3 Å². The molecule has 6 nitrogen and oxygen atoms in total. The van der Waals surface area contributed by atoms with Crippen LogP contribution >= 0.6 is 0 Å². The van der Waals surface area contributed by atoms with Crippen molar-refractivity contribution in [1.82, 2.24) is 0 Å². The number of amides is 1. The van der Waals surface area contributed by atoms with Crippen LogP contribution in [0, 0.1) is 20.8 Å². The lowest BCUT2D eigenvalue weighted by Gasteiger charge is -2.22. The number of hydrogen-bond acceptors (Lipinski definition) is 4. The quantitative estimate of drug-likeness (QED) is 0.605. The maximum Gasteiger partial charge on any atom is 0.264 e. The molecule has 162 valence electrons. The third-order valence-corrected chi connectivity index (χ3v) is 7.15. The number of carbonyl (C=O) groups excluding carboxylic acids is 1. The SMILES string of the molecule is COc1ccc(S(=O)(=O)N(C)c2ccc(C(=O)Nc3cccc(C)c3C)cc2C)cc1. The number of sulfonamides is 1. The zero-order valence-corrected chi connectivity index (χ0v) is 19.1. The number of nitrogens with zero attached hydrogens (tertiary/aromatic N) is 1. The molecule has 0 aromatic heterocycles. The van der Waals surface area contributed by atoms with Gasteiger partial charge in [0.15, 0.2) is 0 Å². The van der Waals surface area contributed by atoms with Gasteiger partial charge in [0.1, 0.15) is 5.75 Å². The van der Waals surface area contributed by atoms with Crippen LogP contribution in [0.25, 0.3) is 0 Å². The Bertz CT molecular complexity index is 1220. The predicted octanol–water partition coefficient (Wildman–Crippen LogP) is 4.70. The second-order valence-corrected chi connectivity index (χ2v) is 9.32. The highest BCUT2D eigenvalue weighted by Crippen LogP contribution is 2.27. The Kier molecular flexibility index (Phi) is 6.36. The van der Waals surface area contributed by atoms with Crippen LogP contribution in [-0.2, 0) is 10.0 Å². The first-order chi connectivity index (χ1) is 14.6. The summed E-state index contributed by atoms with van der Waals surface area (Å²) < 4.78 is 32.3. The van der Waals surface area contributed by atoms with E-state index in [4.69, 9.17) is 4.74 Å². The van der Waals surface area contributed by atoms with Crippen LogP contribution in [0.4, 0.5) is 11.4 Å². The lowest BCUT2D eigenvalue weighted by atomic mass is 10.1. The Labute approximate surface area is 183 Å². The molecular formula is C24H26N2O4S. The minimum absolute atomic E-state index is 0.159. The van der Waals surface area contributed by atoms with Crippen molar-refractivity contribution in [2.75, 3.05) is 23.8 Å². The molecule has 1 N–H and O–H groups in total. The van der Waals surface area contributed by atoms with Gasteiger partial charge in [0.25, 0.3) is 15.9 Å². The van der Waals surface area contributed by atoms with Gasteiger partial charge < -0.3 is 10.1 Å². The molecule has 3 rings (SSSR count). The molecule has 0 bridgehead atoms. The van der Waals surface area contributed by atoms with Crippen LogP contribution in [0.15, 0.2) is 65.6 Å². The van der Waals surface area contributed by atoms with E-state index in [9.17, 15) is 13.2 Å². The maximum atomic E-state index is 13.0. The number of hydrogen-bond donors (Lipinski definition) is 1. The highest BCUT2D eigenvalue weighted by Gasteiger charge is 2.23. The first kappa shape index (κ1) is 22.4. The van der Waals surface area contributed by atoms with Crippen molar-refractivity contribution in [3.63, 3.8) is 0 Å². The molecular weight excluding hydrogens is 412 g/mol. The average Bonchev–Trinajstić information content (AvgIpc) is 2.76. The fourth-order valence-corrected chi connectivity index (χ4v) is 4.53. The van der Waals surface area contributed by atoms with E-state index in [1.54, 1.807) is 37.3 Å². The summed E-state index contributed by atoms with van der Waals surface area (Å²) in [6.45, 7) is 5.73. The van der Waals surface area contributed by atoms with E-state index in [0.29, 0.717) is 22.6 Å². The molecule has 0 saturated heterocycles. The lowest BCUT2D eigenvalue weighted by molar-refractivity contribution is 0.102. The van der Waals surface area contributed by atoms with Gasteiger partial charge in [-0.1, -0.05) is 12.1 Å². The summed E-state index contributed by atoms with van der Waals surface area (Å²) in [4.78, 5) is 12.9. The molecule has 3 aromatic carbocycles. The maximum absolute atomic E-state index is 13.0. The Morgan fingerprint density at radius 1 is 0.935 bits per heavy atom. The Balaban J connectivity index is 1.85. The summed E-state index contributed by atoms with van der Waals surface area (Å²) in [6.07, 6.45) is 0. The first-order valence-corrected chi connectivity index (χ1v) is 11.2. The van der Waals surface area contributed by atoms with Gasteiger partial charge >= 0.3 is 0 Å². The van der Waals surface area contributed by atoms with Crippen molar-refractivity contribution >= 4 is 27.3 Å². The second kappa shape index (κ2) is 8.81. The molecule has 0 aliphatic heterocycles. The number of methoxy groups -OCH3 is 1. The molecule has 31 heavy (non-hydrogen) atoms. The van der Waals surface area contributed by atoms with Crippen molar-refractivity contribution in [1.29, 1.82) is 0 Å². The largest absolute Gasteiger partial charge is 0.497 e. The van der Waals surface area contributed by atoms with Crippen LogP contribution in [0.3, 0.4) is 0 Å². The number of ether oxygens (including phenoxy) is 1. The van der Waals surface area contributed by atoms with Gasteiger partial charge in [-0.25, -0.2) is 8.42 Å². The van der Waals surface area contributed by atoms with E-state index in [2.05, 4.69) is 5.32 Å². The lowest BCUT2D eigenvalue weighted by Crippen LogP contribution is -2.27. The molecule has 3 aromatic rings. The standard InChI is InChI=1S/C24H26N2O4S/c1-16-7-6-8-22(18(16)3)25-24(27)19-9-14-23(17(2)15-19)26(4)31(28,29)21-12-10-20(30-5)11-13-21/h6-15H,1-5H3,(H,25,27). The van der Waals surface area contributed by atoms with Crippen molar-refractivity contribution in [3.05, 3.63) is 82.9 Å². The molecule has 0 fully saturated rings. The summed E-state index contributed by atoms with van der Waals surface area (Å²) in [5, 5.41) is 2.93. The summed E-state index contributed by atoms with van der Waals surface area (Å²) >= 11 is 0. The molecule has 0 spiro atoms. The predicted molar refractivity (Wildman–Crippen MR) is 124 cm³/mol.